The number of carbonyl (C=O) groups excluding carboxylic acids is 1. The van der Waals surface area contributed by atoms with Crippen molar-refractivity contribution in [3.63, 3.8) is 0 Å². The van der Waals surface area contributed by atoms with E-state index >= 15 is 0 Å². The third-order valence-electron chi connectivity index (χ3n) is 6.07. The van der Waals surface area contributed by atoms with E-state index in [9.17, 15) is 4.79 Å². The first-order valence-electron chi connectivity index (χ1n) is 11.6. The number of hydrogen-bond donors (Lipinski definition) is 0. The number of ether oxygens (including phenoxy) is 2. The number of esters is 1. The third-order valence-corrected chi connectivity index (χ3v) is 12.3. The first kappa shape index (κ1) is 24.7. The van der Waals surface area contributed by atoms with Crippen LogP contribution in [0.15, 0.2) is 91.0 Å². The molecule has 1 aliphatic heterocycles. The Morgan fingerprint density at radius 1 is 0.882 bits per heavy atom. The molecule has 0 bridgehead atoms. The molecule has 4 nitrogen and oxygen atoms in total. The quantitative estimate of drug-likeness (QED) is 0.331. The maximum Gasteiger partial charge on any atom is 0.338 e. The fraction of sp³-hybridized carbons (Fsp3) is 0.321. The Balaban J connectivity index is 1.45. The Kier molecular flexibility index (Phi) is 7.94. The summed E-state index contributed by atoms with van der Waals surface area (Å²) in [6.45, 7) is 7.55. The fourth-order valence-corrected chi connectivity index (χ4v) is 10.1. The summed E-state index contributed by atoms with van der Waals surface area (Å²) in [5, 5.41) is 2.44. The number of benzene rings is 3. The van der Waals surface area contributed by atoms with Gasteiger partial charge in [0.25, 0.3) is 8.32 Å². The van der Waals surface area contributed by atoms with Crippen LogP contribution in [-0.4, -0.2) is 44.8 Å². The van der Waals surface area contributed by atoms with Gasteiger partial charge in [0.2, 0.25) is 0 Å². The monoisotopic (exact) mass is 492 g/mol. The topological polar surface area (TPSA) is 44.8 Å². The lowest BCUT2D eigenvalue weighted by Gasteiger charge is -2.43. The van der Waals surface area contributed by atoms with Gasteiger partial charge in [-0.25, -0.2) is 4.79 Å². The van der Waals surface area contributed by atoms with Crippen molar-refractivity contribution in [3.8, 4) is 0 Å². The second kappa shape index (κ2) is 10.9. The zero-order chi connectivity index (χ0) is 24.0. The molecular weight excluding hydrogens is 460 g/mol. The lowest BCUT2D eigenvalue weighted by molar-refractivity contribution is -0.00520. The zero-order valence-corrected chi connectivity index (χ0v) is 21.8. The van der Waals surface area contributed by atoms with Crippen LogP contribution in [0.3, 0.4) is 0 Å². The fourth-order valence-electron chi connectivity index (χ4n) is 4.46. The maximum absolute atomic E-state index is 12.3. The van der Waals surface area contributed by atoms with Gasteiger partial charge in [-0.15, -0.1) is 11.8 Å². The SMILES string of the molecule is CC(C)(C)[Si](OC[C@@H]1CS[C@H](COC(=O)c2ccccc2)O1)(c1ccccc1)c1ccccc1. The summed E-state index contributed by atoms with van der Waals surface area (Å²) in [7, 11) is -2.59. The standard InChI is InChI=1S/C28H32O4SSi/c1-28(2,3)34(24-15-9-5-10-16-24,25-17-11-6-12-18-25)31-19-23-21-33-26(32-23)20-30-27(29)22-13-7-4-8-14-22/h4-18,23,26H,19-21H2,1-3H3/t23-,26-/m1/s1. The Morgan fingerprint density at radius 3 is 1.94 bits per heavy atom. The highest BCUT2D eigenvalue weighted by atomic mass is 32.2. The summed E-state index contributed by atoms with van der Waals surface area (Å²) in [5.41, 5.74) is 0.373. The molecule has 3 aromatic rings. The summed E-state index contributed by atoms with van der Waals surface area (Å²) >= 11 is 1.67. The average Bonchev–Trinajstić information content (AvgIpc) is 3.32. The summed E-state index contributed by atoms with van der Waals surface area (Å²) in [5.74, 6) is 0.489. The van der Waals surface area contributed by atoms with E-state index in [0.29, 0.717) is 12.2 Å². The molecule has 1 aliphatic rings. The predicted octanol–water partition coefficient (Wildman–Crippen LogP) is 4.88. The van der Waals surface area contributed by atoms with Crippen molar-refractivity contribution in [2.24, 2.45) is 0 Å². The zero-order valence-electron chi connectivity index (χ0n) is 20.0. The van der Waals surface area contributed by atoms with E-state index in [0.717, 1.165) is 5.75 Å². The van der Waals surface area contributed by atoms with E-state index < -0.39 is 8.32 Å². The van der Waals surface area contributed by atoms with E-state index in [1.54, 1.807) is 23.9 Å². The molecule has 0 aromatic heterocycles. The van der Waals surface area contributed by atoms with E-state index in [2.05, 4.69) is 69.3 Å². The Morgan fingerprint density at radius 2 is 1.41 bits per heavy atom. The van der Waals surface area contributed by atoms with Crippen molar-refractivity contribution < 1.29 is 18.7 Å². The first-order valence-corrected chi connectivity index (χ1v) is 14.6. The van der Waals surface area contributed by atoms with Crippen molar-refractivity contribution in [2.45, 2.75) is 37.3 Å². The molecule has 6 heteroatoms. The number of hydrogen-bond acceptors (Lipinski definition) is 5. The van der Waals surface area contributed by atoms with Gasteiger partial charge >= 0.3 is 5.97 Å². The van der Waals surface area contributed by atoms with Gasteiger partial charge < -0.3 is 13.9 Å². The van der Waals surface area contributed by atoms with Crippen molar-refractivity contribution in [1.29, 1.82) is 0 Å². The summed E-state index contributed by atoms with van der Waals surface area (Å²) < 4.78 is 18.7. The van der Waals surface area contributed by atoms with E-state index in [1.807, 2.05) is 30.3 Å². The highest BCUT2D eigenvalue weighted by Crippen LogP contribution is 2.37. The van der Waals surface area contributed by atoms with Crippen LogP contribution < -0.4 is 10.4 Å². The number of thioether (sulfide) groups is 1. The molecule has 3 aromatic carbocycles. The summed E-state index contributed by atoms with van der Waals surface area (Å²) in [4.78, 5) is 12.3. The maximum atomic E-state index is 12.3. The first-order chi connectivity index (χ1) is 16.4. The van der Waals surface area contributed by atoms with Crippen molar-refractivity contribution >= 4 is 36.4 Å². The van der Waals surface area contributed by atoms with Crippen LogP contribution in [0.25, 0.3) is 0 Å². The molecule has 178 valence electrons. The van der Waals surface area contributed by atoms with Gasteiger partial charge in [-0.1, -0.05) is 99.6 Å². The van der Waals surface area contributed by atoms with E-state index in [4.69, 9.17) is 13.9 Å². The van der Waals surface area contributed by atoms with Crippen LogP contribution in [-0.2, 0) is 13.9 Å². The van der Waals surface area contributed by atoms with E-state index in [1.165, 1.54) is 10.4 Å². The molecule has 0 amide bonds. The van der Waals surface area contributed by atoms with Crippen LogP contribution in [0.5, 0.6) is 0 Å². The van der Waals surface area contributed by atoms with Crippen LogP contribution >= 0.6 is 11.8 Å². The van der Waals surface area contributed by atoms with Gasteiger partial charge in [-0.3, -0.25) is 0 Å². The molecule has 1 saturated heterocycles. The molecule has 1 heterocycles. The van der Waals surface area contributed by atoms with Gasteiger partial charge in [0, 0.05) is 5.75 Å². The molecule has 34 heavy (non-hydrogen) atoms. The summed E-state index contributed by atoms with van der Waals surface area (Å²) in [6.07, 6.45) is -0.0490. The smallest absolute Gasteiger partial charge is 0.338 e. The van der Waals surface area contributed by atoms with Crippen LogP contribution in [0.1, 0.15) is 31.1 Å². The molecule has 0 N–H and O–H groups in total. The predicted molar refractivity (Wildman–Crippen MR) is 141 cm³/mol. The Bertz CT molecular complexity index is 1010. The summed E-state index contributed by atoms with van der Waals surface area (Å²) in [6, 6.07) is 30.3. The largest absolute Gasteiger partial charge is 0.458 e. The molecule has 0 spiro atoms. The third kappa shape index (κ3) is 5.47. The Hall–Kier alpha value is -2.38. The van der Waals surface area contributed by atoms with Crippen LogP contribution in [0.2, 0.25) is 5.04 Å². The minimum absolute atomic E-state index is 0.0490. The van der Waals surface area contributed by atoms with Gasteiger partial charge in [0.05, 0.1) is 18.3 Å². The normalized spacial score (nSPS) is 18.6. The van der Waals surface area contributed by atoms with E-state index in [-0.39, 0.29) is 29.2 Å². The van der Waals surface area contributed by atoms with Crippen molar-refractivity contribution in [3.05, 3.63) is 96.6 Å². The highest BCUT2D eigenvalue weighted by Gasteiger charge is 2.50. The molecule has 2 atom stereocenters. The molecule has 4 rings (SSSR count). The van der Waals surface area contributed by atoms with Gasteiger partial charge in [0.1, 0.15) is 12.0 Å². The molecule has 1 fully saturated rings. The Labute approximate surface area is 207 Å². The highest BCUT2D eigenvalue weighted by molar-refractivity contribution is 8.00. The second-order valence-electron chi connectivity index (χ2n) is 9.46. The second-order valence-corrected chi connectivity index (χ2v) is 15.0. The van der Waals surface area contributed by atoms with Gasteiger partial charge in [-0.2, -0.15) is 0 Å². The minimum atomic E-state index is -2.59. The molecule has 0 radical (unpaired) electrons. The van der Waals surface area contributed by atoms with Crippen molar-refractivity contribution in [2.75, 3.05) is 19.0 Å². The minimum Gasteiger partial charge on any atom is -0.458 e. The van der Waals surface area contributed by atoms with Crippen LogP contribution in [0, 0.1) is 0 Å². The number of rotatable bonds is 8. The number of carbonyl (C=O) groups is 1. The molecular formula is C28H32O4SSi. The van der Waals surface area contributed by atoms with Gasteiger partial charge in [0.15, 0.2) is 0 Å². The average molecular weight is 493 g/mol. The van der Waals surface area contributed by atoms with Crippen molar-refractivity contribution in [1.82, 2.24) is 0 Å². The van der Waals surface area contributed by atoms with Gasteiger partial charge in [-0.05, 0) is 27.5 Å². The molecule has 0 unspecified atom stereocenters. The molecule has 0 aliphatic carbocycles. The van der Waals surface area contributed by atoms with Crippen LogP contribution in [0.4, 0.5) is 0 Å². The lowest BCUT2D eigenvalue weighted by Crippen LogP contribution is -2.67. The molecule has 0 saturated carbocycles. The lowest BCUT2D eigenvalue weighted by atomic mass is 10.2.